The van der Waals surface area contributed by atoms with Crippen LogP contribution in [0.25, 0.3) is 0 Å². The van der Waals surface area contributed by atoms with Gasteiger partial charge in [-0.2, -0.15) is 0 Å². The minimum Gasteiger partial charge on any atom is -0.353 e. The van der Waals surface area contributed by atoms with Gasteiger partial charge in [-0.15, -0.1) is 0 Å². The predicted octanol–water partition coefficient (Wildman–Crippen LogP) is 3.13. The number of hydrogen-bond acceptors (Lipinski definition) is 2. The molecule has 136 valence electrons. The molecular formula is C19H26ClFN4. The molecule has 3 fully saturated rings. The zero-order valence-corrected chi connectivity index (χ0v) is 15.6. The van der Waals surface area contributed by atoms with Crippen molar-refractivity contribution in [2.24, 2.45) is 4.99 Å². The van der Waals surface area contributed by atoms with Crippen molar-refractivity contribution in [1.29, 1.82) is 0 Å². The van der Waals surface area contributed by atoms with Crippen molar-refractivity contribution in [3.05, 3.63) is 34.6 Å². The summed E-state index contributed by atoms with van der Waals surface area (Å²) in [7, 11) is 1.79. The zero-order valence-electron chi connectivity index (χ0n) is 14.8. The number of likely N-dealkylation sites (tertiary alicyclic amines) is 1. The Bertz CT molecular complexity index is 655. The first kappa shape index (κ1) is 17.1. The molecular weight excluding hydrogens is 339 g/mol. The van der Waals surface area contributed by atoms with Crippen LogP contribution in [0.1, 0.15) is 44.1 Å². The van der Waals surface area contributed by atoms with E-state index in [-0.39, 0.29) is 17.8 Å². The summed E-state index contributed by atoms with van der Waals surface area (Å²) in [4.78, 5) is 6.98. The number of halogens is 2. The molecule has 2 N–H and O–H groups in total. The second-order valence-electron chi connectivity index (χ2n) is 7.65. The highest BCUT2D eigenvalue weighted by Crippen LogP contribution is 2.44. The molecule has 4 atom stereocenters. The van der Waals surface area contributed by atoms with Gasteiger partial charge >= 0.3 is 0 Å². The summed E-state index contributed by atoms with van der Waals surface area (Å²) in [6.07, 6.45) is 4.72. The molecule has 4 unspecified atom stereocenters. The molecule has 2 aliphatic carbocycles. The molecule has 0 amide bonds. The van der Waals surface area contributed by atoms with Crippen molar-refractivity contribution in [2.75, 3.05) is 13.6 Å². The summed E-state index contributed by atoms with van der Waals surface area (Å²) in [5, 5.41) is 7.51. The molecule has 2 saturated carbocycles. The monoisotopic (exact) mass is 364 g/mol. The fourth-order valence-corrected chi connectivity index (χ4v) is 4.46. The highest BCUT2D eigenvalue weighted by molar-refractivity contribution is 6.31. The van der Waals surface area contributed by atoms with Gasteiger partial charge in [0.2, 0.25) is 0 Å². The molecule has 1 saturated heterocycles. The fraction of sp³-hybridized carbons (Fsp3) is 0.632. The largest absolute Gasteiger partial charge is 0.353 e. The van der Waals surface area contributed by atoms with Crippen LogP contribution in [-0.4, -0.2) is 48.6 Å². The third-order valence-corrected chi connectivity index (χ3v) is 6.02. The lowest BCUT2D eigenvalue weighted by Crippen LogP contribution is -2.45. The van der Waals surface area contributed by atoms with Crippen LogP contribution in [0.15, 0.2) is 23.2 Å². The number of aliphatic imine (C=N–C) groups is 1. The van der Waals surface area contributed by atoms with Crippen LogP contribution in [0.5, 0.6) is 0 Å². The summed E-state index contributed by atoms with van der Waals surface area (Å²) in [6, 6.07) is 6.95. The predicted molar refractivity (Wildman–Crippen MR) is 99.8 cm³/mol. The first-order chi connectivity index (χ1) is 12.1. The topological polar surface area (TPSA) is 39.7 Å². The number of guanidine groups is 1. The summed E-state index contributed by atoms with van der Waals surface area (Å²) >= 11 is 6.19. The molecule has 0 spiro atoms. The van der Waals surface area contributed by atoms with Gasteiger partial charge in [0, 0.05) is 54.3 Å². The minimum atomic E-state index is -0.213. The van der Waals surface area contributed by atoms with Crippen LogP contribution >= 0.6 is 11.6 Å². The zero-order chi connectivity index (χ0) is 17.6. The molecule has 6 heteroatoms. The Hall–Kier alpha value is -1.33. The number of benzene rings is 1. The lowest BCUT2D eigenvalue weighted by atomic mass is 10.1. The van der Waals surface area contributed by atoms with Gasteiger partial charge in [-0.3, -0.25) is 9.89 Å². The van der Waals surface area contributed by atoms with E-state index in [9.17, 15) is 4.39 Å². The summed E-state index contributed by atoms with van der Waals surface area (Å²) in [5.41, 5.74) is 0.631. The van der Waals surface area contributed by atoms with Crippen molar-refractivity contribution < 1.29 is 4.39 Å². The van der Waals surface area contributed by atoms with Crippen LogP contribution in [0.3, 0.4) is 0 Å². The van der Waals surface area contributed by atoms with Crippen molar-refractivity contribution in [1.82, 2.24) is 15.5 Å². The van der Waals surface area contributed by atoms with Gasteiger partial charge in [0.1, 0.15) is 5.82 Å². The number of nitrogens with one attached hydrogen (secondary N) is 2. The van der Waals surface area contributed by atoms with Crippen LogP contribution in [0.2, 0.25) is 5.02 Å². The molecule has 4 nitrogen and oxygen atoms in total. The first-order valence-corrected chi connectivity index (χ1v) is 9.64. The Morgan fingerprint density at radius 3 is 2.76 bits per heavy atom. The Labute approximate surface area is 153 Å². The van der Waals surface area contributed by atoms with E-state index < -0.39 is 0 Å². The quantitative estimate of drug-likeness (QED) is 0.637. The maximum absolute atomic E-state index is 14.1. The molecule has 3 aliphatic rings. The van der Waals surface area contributed by atoms with Crippen molar-refractivity contribution in [3.8, 4) is 0 Å². The van der Waals surface area contributed by atoms with Crippen LogP contribution in [-0.2, 0) is 0 Å². The van der Waals surface area contributed by atoms with E-state index in [0.717, 1.165) is 31.4 Å². The minimum absolute atomic E-state index is 0.123. The van der Waals surface area contributed by atoms with Crippen LogP contribution < -0.4 is 10.6 Å². The summed E-state index contributed by atoms with van der Waals surface area (Å²) in [6.45, 7) is 3.40. The maximum Gasteiger partial charge on any atom is 0.191 e. The van der Waals surface area contributed by atoms with Gasteiger partial charge in [0.05, 0.1) is 0 Å². The van der Waals surface area contributed by atoms with Gasteiger partial charge in [-0.05, 0) is 44.7 Å². The van der Waals surface area contributed by atoms with E-state index in [1.807, 2.05) is 0 Å². The van der Waals surface area contributed by atoms with E-state index in [1.54, 1.807) is 19.2 Å². The smallest absolute Gasteiger partial charge is 0.191 e. The number of rotatable bonds is 4. The molecule has 1 aromatic rings. The molecule has 0 bridgehead atoms. The fourth-order valence-electron chi connectivity index (χ4n) is 4.15. The van der Waals surface area contributed by atoms with Crippen molar-refractivity contribution >= 4 is 17.6 Å². The molecule has 25 heavy (non-hydrogen) atoms. The van der Waals surface area contributed by atoms with E-state index >= 15 is 0 Å². The molecule has 0 aromatic heterocycles. The van der Waals surface area contributed by atoms with E-state index in [0.29, 0.717) is 22.7 Å². The number of nitrogens with zero attached hydrogens (tertiary/aromatic N) is 2. The average molecular weight is 365 g/mol. The van der Waals surface area contributed by atoms with Crippen LogP contribution in [0, 0.1) is 5.82 Å². The molecule has 1 aliphatic heterocycles. The first-order valence-electron chi connectivity index (χ1n) is 9.26. The second kappa shape index (κ2) is 6.76. The Morgan fingerprint density at radius 1 is 1.28 bits per heavy atom. The van der Waals surface area contributed by atoms with E-state index in [4.69, 9.17) is 11.6 Å². The second-order valence-corrected chi connectivity index (χ2v) is 8.06. The highest BCUT2D eigenvalue weighted by atomic mass is 35.5. The van der Waals surface area contributed by atoms with E-state index in [2.05, 4.69) is 27.4 Å². The maximum atomic E-state index is 14.1. The van der Waals surface area contributed by atoms with E-state index in [1.165, 1.54) is 18.9 Å². The third kappa shape index (κ3) is 3.63. The average Bonchev–Trinajstić information content (AvgIpc) is 3.48. The van der Waals surface area contributed by atoms with Gasteiger partial charge in [-0.25, -0.2) is 4.39 Å². The summed E-state index contributed by atoms with van der Waals surface area (Å²) < 4.78 is 14.1. The number of hydrogen-bond donors (Lipinski definition) is 2. The lowest BCUT2D eigenvalue weighted by molar-refractivity contribution is 0.256. The third-order valence-electron chi connectivity index (χ3n) is 5.69. The van der Waals surface area contributed by atoms with Gasteiger partial charge in [0.15, 0.2) is 5.96 Å². The standard InChI is InChI=1S/C19H26ClFN4/c1-11-8-12(10-25(11)13-6-7-13)23-19(22-2)24-17-9-14(17)18-15(20)4-3-5-16(18)21/h3-5,11-14,17H,6-10H2,1-2H3,(H2,22,23,24). The normalized spacial score (nSPS) is 32.7. The van der Waals surface area contributed by atoms with Gasteiger partial charge in [0.25, 0.3) is 0 Å². The Morgan fingerprint density at radius 2 is 2.08 bits per heavy atom. The Balaban J connectivity index is 1.33. The van der Waals surface area contributed by atoms with Gasteiger partial charge in [-0.1, -0.05) is 17.7 Å². The SMILES string of the molecule is CN=C(NC1CC(C)N(C2CC2)C1)NC1CC1c1c(F)cccc1Cl. The highest BCUT2D eigenvalue weighted by Gasteiger charge is 2.43. The van der Waals surface area contributed by atoms with Crippen molar-refractivity contribution in [3.63, 3.8) is 0 Å². The van der Waals surface area contributed by atoms with Gasteiger partial charge < -0.3 is 10.6 Å². The van der Waals surface area contributed by atoms with Crippen LogP contribution in [0.4, 0.5) is 4.39 Å². The lowest BCUT2D eigenvalue weighted by Gasteiger charge is -2.20. The molecule has 1 heterocycles. The summed E-state index contributed by atoms with van der Waals surface area (Å²) in [5.74, 6) is 0.724. The Kier molecular flexibility index (Phi) is 4.63. The molecule has 0 radical (unpaired) electrons. The van der Waals surface area contributed by atoms with Crippen molar-refractivity contribution in [2.45, 2.75) is 62.7 Å². The molecule has 1 aromatic carbocycles. The molecule has 4 rings (SSSR count).